The molecule has 1 aromatic rings. The number of nitrogens with zero attached hydrogens (tertiary/aromatic N) is 2. The average molecular weight is 352 g/mol. The minimum atomic E-state index is -2.25. The van der Waals surface area contributed by atoms with Gasteiger partial charge < -0.3 is 4.84 Å². The number of oxime groups is 1. The van der Waals surface area contributed by atoms with E-state index >= 15 is 0 Å². The van der Waals surface area contributed by atoms with Crippen LogP contribution in [0.3, 0.4) is 0 Å². The molecular formula is C14H19F3N2OS2. The number of thioether (sulfide) groups is 1. The first-order valence-electron chi connectivity index (χ1n) is 6.85. The maximum Gasteiger partial charge on any atom is 0.301 e. The number of aromatic nitrogens is 1. The second-order valence-electron chi connectivity index (χ2n) is 4.95. The van der Waals surface area contributed by atoms with Gasteiger partial charge in [-0.3, -0.25) is 0 Å². The molecular weight excluding hydrogens is 333 g/mol. The highest BCUT2D eigenvalue weighted by molar-refractivity contribution is 8.01. The van der Waals surface area contributed by atoms with E-state index in [9.17, 15) is 13.2 Å². The monoisotopic (exact) mass is 352 g/mol. The second-order valence-corrected chi connectivity index (χ2v) is 7.32. The predicted octanol–water partition coefficient (Wildman–Crippen LogP) is 5.49. The van der Waals surface area contributed by atoms with E-state index < -0.39 is 11.9 Å². The van der Waals surface area contributed by atoms with Gasteiger partial charge in [-0.15, -0.1) is 11.3 Å². The molecule has 1 aromatic heterocycles. The molecule has 0 aliphatic heterocycles. The molecule has 0 N–H and O–H groups in total. The van der Waals surface area contributed by atoms with Crippen LogP contribution in [0, 0.1) is 5.92 Å². The highest BCUT2D eigenvalue weighted by Gasteiger charge is 2.09. The van der Waals surface area contributed by atoms with E-state index in [1.54, 1.807) is 6.20 Å². The van der Waals surface area contributed by atoms with Gasteiger partial charge in [-0.1, -0.05) is 30.8 Å². The number of hydrogen-bond donors (Lipinski definition) is 0. The van der Waals surface area contributed by atoms with Gasteiger partial charge in [-0.25, -0.2) is 9.37 Å². The van der Waals surface area contributed by atoms with Crippen molar-refractivity contribution in [2.75, 3.05) is 12.4 Å². The summed E-state index contributed by atoms with van der Waals surface area (Å²) in [5.74, 6) is -0.580. The summed E-state index contributed by atoms with van der Waals surface area (Å²) < 4.78 is 37.2. The van der Waals surface area contributed by atoms with Crippen LogP contribution in [0.15, 0.2) is 27.6 Å². The maximum absolute atomic E-state index is 12.7. The molecule has 0 bridgehead atoms. The molecule has 0 spiro atoms. The van der Waals surface area contributed by atoms with E-state index in [2.05, 4.69) is 24.0 Å². The Hall–Kier alpha value is -1.02. The SMILES string of the molecule is C/C(=N\OCCC(C)C)c1cnc(SCCC(F)=C(F)F)s1. The predicted molar refractivity (Wildman–Crippen MR) is 85.4 cm³/mol. The van der Waals surface area contributed by atoms with Crippen molar-refractivity contribution >= 4 is 28.8 Å². The van der Waals surface area contributed by atoms with Gasteiger partial charge in [-0.05, 0) is 19.3 Å². The van der Waals surface area contributed by atoms with Crippen LogP contribution >= 0.6 is 23.1 Å². The lowest BCUT2D eigenvalue weighted by molar-refractivity contribution is 0.133. The molecule has 0 aliphatic carbocycles. The molecule has 1 heterocycles. The Labute approximate surface area is 136 Å². The summed E-state index contributed by atoms with van der Waals surface area (Å²) in [5, 5.41) is 4.02. The molecule has 0 amide bonds. The highest BCUT2D eigenvalue weighted by atomic mass is 32.2. The first-order valence-corrected chi connectivity index (χ1v) is 8.65. The molecule has 0 saturated heterocycles. The van der Waals surface area contributed by atoms with Crippen molar-refractivity contribution in [2.45, 2.75) is 38.0 Å². The third kappa shape index (κ3) is 7.31. The fourth-order valence-electron chi connectivity index (χ4n) is 1.29. The Morgan fingerprint density at radius 1 is 1.41 bits per heavy atom. The van der Waals surface area contributed by atoms with Gasteiger partial charge in [0.05, 0.1) is 10.6 Å². The number of rotatable bonds is 9. The van der Waals surface area contributed by atoms with Crippen LogP contribution in [0.4, 0.5) is 13.2 Å². The summed E-state index contributed by atoms with van der Waals surface area (Å²) in [6.07, 6.45) is 0.0411. The zero-order valence-corrected chi connectivity index (χ0v) is 14.4. The standard InChI is InChI=1S/C14H19F3N2OS2/c1-9(2)4-6-20-19-10(3)12-8-18-14(22-12)21-7-5-11(15)13(16)17/h8-9H,4-7H2,1-3H3/b19-10+. The molecule has 0 aromatic carbocycles. The lowest BCUT2D eigenvalue weighted by Gasteiger charge is -2.03. The number of halogens is 3. The zero-order valence-electron chi connectivity index (χ0n) is 12.7. The van der Waals surface area contributed by atoms with Crippen LogP contribution in [-0.4, -0.2) is 23.1 Å². The maximum atomic E-state index is 12.7. The minimum Gasteiger partial charge on any atom is -0.396 e. The third-order valence-corrected chi connectivity index (χ3v) is 4.85. The molecule has 22 heavy (non-hydrogen) atoms. The van der Waals surface area contributed by atoms with Crippen LogP contribution < -0.4 is 0 Å². The second kappa shape index (κ2) is 9.89. The van der Waals surface area contributed by atoms with Crippen molar-refractivity contribution in [1.29, 1.82) is 0 Å². The molecule has 0 atom stereocenters. The molecule has 0 aliphatic rings. The van der Waals surface area contributed by atoms with Gasteiger partial charge in [0.25, 0.3) is 0 Å². The summed E-state index contributed by atoms with van der Waals surface area (Å²) >= 11 is 2.62. The molecule has 8 heteroatoms. The molecule has 0 saturated carbocycles. The number of allylic oxidation sites excluding steroid dienone is 1. The molecule has 124 valence electrons. The lowest BCUT2D eigenvalue weighted by Crippen LogP contribution is -1.98. The largest absolute Gasteiger partial charge is 0.396 e. The van der Waals surface area contributed by atoms with Crippen LogP contribution in [0.25, 0.3) is 0 Å². The van der Waals surface area contributed by atoms with Gasteiger partial charge in [0.15, 0.2) is 5.83 Å². The fraction of sp³-hybridized carbons (Fsp3) is 0.571. The first-order chi connectivity index (χ1) is 10.4. The van der Waals surface area contributed by atoms with E-state index in [-0.39, 0.29) is 12.2 Å². The Balaban J connectivity index is 2.43. The van der Waals surface area contributed by atoms with E-state index in [1.165, 1.54) is 23.1 Å². The molecule has 0 radical (unpaired) electrons. The Morgan fingerprint density at radius 2 is 2.14 bits per heavy atom. The van der Waals surface area contributed by atoms with Crippen molar-refractivity contribution < 1.29 is 18.0 Å². The van der Waals surface area contributed by atoms with Gasteiger partial charge in [0.2, 0.25) is 0 Å². The summed E-state index contributed by atoms with van der Waals surface area (Å²) in [6, 6.07) is 0. The smallest absolute Gasteiger partial charge is 0.301 e. The quantitative estimate of drug-likeness (QED) is 0.255. The molecule has 0 unspecified atom stereocenters. The van der Waals surface area contributed by atoms with Crippen molar-refractivity contribution in [3.05, 3.63) is 23.0 Å². The third-order valence-electron chi connectivity index (χ3n) is 2.58. The average Bonchev–Trinajstić information content (AvgIpc) is 2.91. The van der Waals surface area contributed by atoms with Crippen LogP contribution in [0.1, 0.15) is 38.5 Å². The van der Waals surface area contributed by atoms with Crippen LogP contribution in [-0.2, 0) is 4.84 Å². The van der Waals surface area contributed by atoms with Crippen molar-refractivity contribution in [3.8, 4) is 0 Å². The summed E-state index contributed by atoms with van der Waals surface area (Å²) in [5.41, 5.74) is 0.717. The summed E-state index contributed by atoms with van der Waals surface area (Å²) in [6.45, 7) is 6.60. The van der Waals surface area contributed by atoms with Crippen molar-refractivity contribution in [1.82, 2.24) is 4.98 Å². The molecule has 1 rings (SSSR count). The molecule has 0 fully saturated rings. The molecule has 3 nitrogen and oxygen atoms in total. The topological polar surface area (TPSA) is 34.5 Å². The normalized spacial score (nSPS) is 11.9. The Bertz CT molecular complexity index is 526. The Kier molecular flexibility index (Phi) is 8.55. The van der Waals surface area contributed by atoms with Crippen LogP contribution in [0.2, 0.25) is 0 Å². The zero-order chi connectivity index (χ0) is 16.5. The van der Waals surface area contributed by atoms with Gasteiger partial charge >= 0.3 is 6.08 Å². The van der Waals surface area contributed by atoms with E-state index in [1.807, 2.05) is 6.92 Å². The Morgan fingerprint density at radius 3 is 2.77 bits per heavy atom. The van der Waals surface area contributed by atoms with Crippen molar-refractivity contribution in [2.24, 2.45) is 11.1 Å². The van der Waals surface area contributed by atoms with E-state index in [4.69, 9.17) is 4.84 Å². The fourth-order valence-corrected chi connectivity index (χ4v) is 3.21. The van der Waals surface area contributed by atoms with Crippen LogP contribution in [0.5, 0.6) is 0 Å². The van der Waals surface area contributed by atoms with E-state index in [0.29, 0.717) is 22.6 Å². The summed E-state index contributed by atoms with van der Waals surface area (Å²) in [7, 11) is 0. The van der Waals surface area contributed by atoms with Gasteiger partial charge in [-0.2, -0.15) is 8.78 Å². The number of thiazole rings is 1. The highest BCUT2D eigenvalue weighted by Crippen LogP contribution is 2.27. The summed E-state index contributed by atoms with van der Waals surface area (Å²) in [4.78, 5) is 10.2. The van der Waals surface area contributed by atoms with Gasteiger partial charge in [0, 0.05) is 18.4 Å². The van der Waals surface area contributed by atoms with Crippen molar-refractivity contribution in [3.63, 3.8) is 0 Å². The lowest BCUT2D eigenvalue weighted by atomic mass is 10.1. The minimum absolute atomic E-state index is 0.219. The van der Waals surface area contributed by atoms with Gasteiger partial charge in [0.1, 0.15) is 10.9 Å². The first kappa shape index (κ1) is 19.0. The van der Waals surface area contributed by atoms with E-state index in [0.717, 1.165) is 11.3 Å². The number of hydrogen-bond acceptors (Lipinski definition) is 5.